The van der Waals surface area contributed by atoms with E-state index < -0.39 is 0 Å². The van der Waals surface area contributed by atoms with Crippen LogP contribution in [0, 0.1) is 0 Å². The maximum Gasteiger partial charge on any atom is 0.262 e. The van der Waals surface area contributed by atoms with Crippen LogP contribution in [0.3, 0.4) is 0 Å². The largest absolute Gasteiger partial charge is 0.354 e. The summed E-state index contributed by atoms with van der Waals surface area (Å²) in [6.07, 6.45) is 2.58. The van der Waals surface area contributed by atoms with Gasteiger partial charge in [0.05, 0.1) is 4.88 Å². The molecule has 0 saturated carbocycles. The zero-order valence-electron chi connectivity index (χ0n) is 9.79. The first kappa shape index (κ1) is 12.1. The fraction of sp³-hybridized carbons (Fsp3) is 0.500. The smallest absolute Gasteiger partial charge is 0.262 e. The summed E-state index contributed by atoms with van der Waals surface area (Å²) in [7, 11) is 0. The van der Waals surface area contributed by atoms with Crippen molar-refractivity contribution in [2.45, 2.75) is 32.2 Å². The molecule has 4 nitrogen and oxygen atoms in total. The van der Waals surface area contributed by atoms with Gasteiger partial charge in [-0.05, 0) is 31.4 Å². The van der Waals surface area contributed by atoms with Crippen molar-refractivity contribution in [3.63, 3.8) is 0 Å². The number of amides is 2. The third-order valence-electron chi connectivity index (χ3n) is 2.82. The number of carbonyl (C=O) groups is 2. The quantitative estimate of drug-likeness (QED) is 0.852. The number of carbonyl (C=O) groups excluding carboxylic acids is 2. The monoisotopic (exact) mass is 252 g/mol. The minimum absolute atomic E-state index is 0.0723. The van der Waals surface area contributed by atoms with Crippen LogP contribution >= 0.6 is 11.3 Å². The first-order valence-electron chi connectivity index (χ1n) is 5.88. The lowest BCUT2D eigenvalue weighted by atomic mass is 10.1. The fourth-order valence-electron chi connectivity index (χ4n) is 1.83. The van der Waals surface area contributed by atoms with E-state index in [1.54, 1.807) is 0 Å². The molecule has 1 aromatic heterocycles. The lowest BCUT2D eigenvalue weighted by Crippen LogP contribution is -2.50. The summed E-state index contributed by atoms with van der Waals surface area (Å²) in [5.41, 5.74) is 0. The number of nitrogens with one attached hydrogen (secondary N) is 2. The highest BCUT2D eigenvalue weighted by molar-refractivity contribution is 7.14. The molecule has 0 unspecified atom stereocenters. The maximum atomic E-state index is 11.9. The first-order chi connectivity index (χ1) is 8.20. The summed E-state index contributed by atoms with van der Waals surface area (Å²) in [6, 6.07) is 3.41. The van der Waals surface area contributed by atoms with E-state index in [1.165, 1.54) is 16.2 Å². The highest BCUT2D eigenvalue weighted by atomic mass is 32.1. The molecule has 1 aromatic rings. The van der Waals surface area contributed by atoms with E-state index in [0.717, 1.165) is 19.3 Å². The van der Waals surface area contributed by atoms with Gasteiger partial charge in [-0.25, -0.2) is 0 Å². The van der Waals surface area contributed by atoms with Gasteiger partial charge in [0.1, 0.15) is 6.04 Å². The van der Waals surface area contributed by atoms with Crippen LogP contribution in [0.5, 0.6) is 0 Å². The molecule has 1 aliphatic heterocycles. The van der Waals surface area contributed by atoms with Crippen LogP contribution in [0.15, 0.2) is 12.1 Å². The number of hydrogen-bond donors (Lipinski definition) is 2. The molecular formula is C12H16N2O2S. The van der Waals surface area contributed by atoms with Crippen LogP contribution in [0.4, 0.5) is 0 Å². The number of thiophene rings is 1. The predicted molar refractivity (Wildman–Crippen MR) is 67.2 cm³/mol. The molecule has 1 aliphatic rings. The van der Waals surface area contributed by atoms with E-state index in [2.05, 4.69) is 17.6 Å². The predicted octanol–water partition coefficient (Wildman–Crippen LogP) is 1.32. The highest BCUT2D eigenvalue weighted by Gasteiger charge is 2.24. The van der Waals surface area contributed by atoms with Crippen LogP contribution in [-0.2, 0) is 11.2 Å². The third kappa shape index (κ3) is 2.85. The van der Waals surface area contributed by atoms with Crippen LogP contribution < -0.4 is 10.6 Å². The first-order valence-corrected chi connectivity index (χ1v) is 6.69. The Hall–Kier alpha value is -1.36. The maximum absolute atomic E-state index is 11.9. The van der Waals surface area contributed by atoms with Gasteiger partial charge in [-0.2, -0.15) is 0 Å². The van der Waals surface area contributed by atoms with Crippen molar-refractivity contribution >= 4 is 23.2 Å². The minimum atomic E-state index is -0.372. The molecule has 2 N–H and O–H groups in total. The molecule has 0 aromatic carbocycles. The molecular weight excluding hydrogens is 236 g/mol. The zero-order valence-corrected chi connectivity index (χ0v) is 10.6. The van der Waals surface area contributed by atoms with Crippen molar-refractivity contribution in [3.05, 3.63) is 21.9 Å². The molecule has 5 heteroatoms. The number of rotatable bonds is 3. The van der Waals surface area contributed by atoms with Gasteiger partial charge in [-0.15, -0.1) is 11.3 Å². The highest BCUT2D eigenvalue weighted by Crippen LogP contribution is 2.17. The summed E-state index contributed by atoms with van der Waals surface area (Å²) in [6.45, 7) is 2.77. The van der Waals surface area contributed by atoms with Gasteiger partial charge in [-0.3, -0.25) is 9.59 Å². The molecule has 0 spiro atoms. The van der Waals surface area contributed by atoms with Crippen molar-refractivity contribution in [2.24, 2.45) is 0 Å². The Morgan fingerprint density at radius 2 is 2.41 bits per heavy atom. The van der Waals surface area contributed by atoms with Crippen molar-refractivity contribution in [2.75, 3.05) is 6.54 Å². The van der Waals surface area contributed by atoms with E-state index in [1.807, 2.05) is 12.1 Å². The van der Waals surface area contributed by atoms with Crippen LogP contribution in [-0.4, -0.2) is 24.4 Å². The van der Waals surface area contributed by atoms with E-state index in [4.69, 9.17) is 0 Å². The van der Waals surface area contributed by atoms with Gasteiger partial charge < -0.3 is 10.6 Å². The number of piperidine rings is 1. The second kappa shape index (κ2) is 5.31. The molecule has 0 bridgehead atoms. The Bertz CT molecular complexity index is 428. The van der Waals surface area contributed by atoms with Crippen LogP contribution in [0.2, 0.25) is 0 Å². The molecule has 1 fully saturated rings. The summed E-state index contributed by atoms with van der Waals surface area (Å²) < 4.78 is 0. The molecule has 1 saturated heterocycles. The Morgan fingerprint density at radius 1 is 1.59 bits per heavy atom. The minimum Gasteiger partial charge on any atom is -0.354 e. The average molecular weight is 252 g/mol. The molecule has 2 heterocycles. The Kier molecular flexibility index (Phi) is 3.78. The van der Waals surface area contributed by atoms with Crippen molar-refractivity contribution in [1.82, 2.24) is 10.6 Å². The van der Waals surface area contributed by atoms with Crippen LogP contribution in [0.25, 0.3) is 0 Å². The summed E-state index contributed by atoms with van der Waals surface area (Å²) in [4.78, 5) is 25.3. The van der Waals surface area contributed by atoms with Gasteiger partial charge >= 0.3 is 0 Å². The Morgan fingerprint density at radius 3 is 3.06 bits per heavy atom. The van der Waals surface area contributed by atoms with Crippen molar-refractivity contribution in [3.8, 4) is 0 Å². The van der Waals surface area contributed by atoms with Gasteiger partial charge in [0, 0.05) is 11.4 Å². The van der Waals surface area contributed by atoms with Gasteiger partial charge in [0.15, 0.2) is 0 Å². The molecule has 2 rings (SSSR count). The molecule has 17 heavy (non-hydrogen) atoms. The summed E-state index contributed by atoms with van der Waals surface area (Å²) in [5.74, 6) is -0.214. The third-order valence-corrected chi connectivity index (χ3v) is 4.05. The number of aryl methyl sites for hydroxylation is 1. The normalized spacial score (nSPS) is 19.8. The number of hydrogen-bond acceptors (Lipinski definition) is 3. The SMILES string of the molecule is CCc1ccc(C(=O)N[C@H]2CCCNC2=O)s1. The zero-order chi connectivity index (χ0) is 12.3. The van der Waals surface area contributed by atoms with Crippen molar-refractivity contribution in [1.29, 1.82) is 0 Å². The lowest BCUT2D eigenvalue weighted by Gasteiger charge is -2.22. The summed E-state index contributed by atoms with van der Waals surface area (Å²) >= 11 is 1.49. The summed E-state index contributed by atoms with van der Waals surface area (Å²) in [5, 5.41) is 5.54. The second-order valence-corrected chi connectivity index (χ2v) is 5.25. The van der Waals surface area contributed by atoms with Gasteiger partial charge in [-0.1, -0.05) is 6.92 Å². The Balaban J connectivity index is 1.98. The molecule has 1 atom stereocenters. The molecule has 0 radical (unpaired) electrons. The molecule has 2 amide bonds. The lowest BCUT2D eigenvalue weighted by molar-refractivity contribution is -0.124. The van der Waals surface area contributed by atoms with E-state index in [-0.39, 0.29) is 17.9 Å². The van der Waals surface area contributed by atoms with Gasteiger partial charge in [0.25, 0.3) is 5.91 Å². The fourth-order valence-corrected chi connectivity index (χ4v) is 2.68. The molecule has 0 aliphatic carbocycles. The Labute approximate surface area is 104 Å². The van der Waals surface area contributed by atoms with Gasteiger partial charge in [0.2, 0.25) is 5.91 Å². The van der Waals surface area contributed by atoms with E-state index >= 15 is 0 Å². The van der Waals surface area contributed by atoms with Crippen LogP contribution in [0.1, 0.15) is 34.3 Å². The molecule has 92 valence electrons. The van der Waals surface area contributed by atoms with Crippen molar-refractivity contribution < 1.29 is 9.59 Å². The topological polar surface area (TPSA) is 58.2 Å². The average Bonchev–Trinajstić information content (AvgIpc) is 2.81. The standard InChI is InChI=1S/C12H16N2O2S/c1-2-8-5-6-10(17-8)12(16)14-9-4-3-7-13-11(9)15/h5-6,9H,2-4,7H2,1H3,(H,13,15)(H,14,16)/t9-/m0/s1. The second-order valence-electron chi connectivity index (χ2n) is 4.08. The van der Waals surface area contributed by atoms with E-state index in [0.29, 0.717) is 11.4 Å². The van der Waals surface area contributed by atoms with E-state index in [9.17, 15) is 9.59 Å².